The second-order valence-electron chi connectivity index (χ2n) is 9.64. The largest absolute Gasteiger partial charge is 0.396 e. The number of halogens is 1. The van der Waals surface area contributed by atoms with Crippen LogP contribution in [0.15, 0.2) is 36.4 Å². The summed E-state index contributed by atoms with van der Waals surface area (Å²) >= 11 is 0. The lowest BCUT2D eigenvalue weighted by Crippen LogP contribution is -2.36. The molecule has 0 aliphatic carbocycles. The van der Waals surface area contributed by atoms with Crippen LogP contribution in [-0.4, -0.2) is 58.4 Å². The Kier molecular flexibility index (Phi) is 5.57. The van der Waals surface area contributed by atoms with Gasteiger partial charge in [-0.05, 0) is 37.1 Å². The summed E-state index contributed by atoms with van der Waals surface area (Å²) in [5, 5.41) is 10.5. The van der Waals surface area contributed by atoms with Crippen LogP contribution in [0.25, 0.3) is 33.5 Å². The Bertz CT molecular complexity index is 1420. The Morgan fingerprint density at radius 2 is 2.09 bits per heavy atom. The Hall–Kier alpha value is -3.23. The number of imidazole rings is 1. The lowest BCUT2D eigenvalue weighted by atomic mass is 10.1. The van der Waals surface area contributed by atoms with E-state index < -0.39 is 5.82 Å². The van der Waals surface area contributed by atoms with Crippen LogP contribution in [0.5, 0.6) is 0 Å². The van der Waals surface area contributed by atoms with Crippen LogP contribution < -0.4 is 4.90 Å². The maximum Gasteiger partial charge on any atom is 0.157 e. The summed E-state index contributed by atoms with van der Waals surface area (Å²) in [7, 11) is 0. The monoisotopic (exact) mass is 476 g/mol. The molecule has 6 rings (SSSR count). The zero-order valence-electron chi connectivity index (χ0n) is 19.8. The van der Waals surface area contributed by atoms with Gasteiger partial charge < -0.3 is 23.9 Å². The number of aliphatic hydroxyl groups excluding tert-OH is 1. The van der Waals surface area contributed by atoms with Crippen molar-refractivity contribution >= 4 is 33.9 Å². The standard InChI is InChI=1S/C27H29FN4O3/c1-2-20-13-30(7-4-8-33)23-6-3-5-19-11-24(32(20)25(19)23)27-29-22-10-17(14-34)9-21(28)26(22)31(27)12-18-15-35-16-18/h3,5-6,9-11,14,18,20,33H,2,4,7-8,12-13,15-16H2,1H3. The fourth-order valence-electron chi connectivity index (χ4n) is 5.62. The van der Waals surface area contributed by atoms with Crippen molar-refractivity contribution in [2.24, 2.45) is 5.92 Å². The van der Waals surface area contributed by atoms with E-state index in [-0.39, 0.29) is 18.2 Å². The van der Waals surface area contributed by atoms with E-state index in [4.69, 9.17) is 9.72 Å². The molecule has 2 aliphatic heterocycles. The number of hydrogen-bond donors (Lipinski definition) is 1. The minimum Gasteiger partial charge on any atom is -0.396 e. The number of hydrogen-bond acceptors (Lipinski definition) is 5. The third kappa shape index (κ3) is 3.54. The first kappa shape index (κ1) is 22.2. The molecule has 0 spiro atoms. The van der Waals surface area contributed by atoms with Gasteiger partial charge in [0.25, 0.3) is 0 Å². The minimum absolute atomic E-state index is 0.165. The van der Waals surface area contributed by atoms with Gasteiger partial charge in [0.15, 0.2) is 5.82 Å². The highest BCUT2D eigenvalue weighted by molar-refractivity contribution is 5.97. The second kappa shape index (κ2) is 8.77. The van der Waals surface area contributed by atoms with Crippen LogP contribution in [0.4, 0.5) is 10.1 Å². The quantitative estimate of drug-likeness (QED) is 0.382. The second-order valence-corrected chi connectivity index (χ2v) is 9.64. The summed E-state index contributed by atoms with van der Waals surface area (Å²) in [6.45, 7) is 5.89. The molecule has 4 aromatic rings. The molecule has 1 fully saturated rings. The molecule has 0 amide bonds. The van der Waals surface area contributed by atoms with Gasteiger partial charge in [-0.3, -0.25) is 4.79 Å². The van der Waals surface area contributed by atoms with Gasteiger partial charge in [-0.15, -0.1) is 0 Å². The molecule has 35 heavy (non-hydrogen) atoms. The molecular weight excluding hydrogens is 447 g/mol. The average Bonchev–Trinajstić information content (AvgIpc) is 3.40. The van der Waals surface area contributed by atoms with Gasteiger partial charge >= 0.3 is 0 Å². The van der Waals surface area contributed by atoms with Gasteiger partial charge in [-0.25, -0.2) is 9.37 Å². The number of carbonyl (C=O) groups is 1. The van der Waals surface area contributed by atoms with Crippen LogP contribution in [0.3, 0.4) is 0 Å². The first-order chi connectivity index (χ1) is 17.1. The van der Waals surface area contributed by atoms with E-state index in [0.29, 0.717) is 43.0 Å². The van der Waals surface area contributed by atoms with Crippen molar-refractivity contribution in [3.63, 3.8) is 0 Å². The molecule has 2 aromatic heterocycles. The van der Waals surface area contributed by atoms with Gasteiger partial charge in [-0.2, -0.15) is 0 Å². The first-order valence-corrected chi connectivity index (χ1v) is 12.4. The molecule has 0 radical (unpaired) electrons. The normalized spacial score (nSPS) is 17.9. The Labute approximate surface area is 202 Å². The highest BCUT2D eigenvalue weighted by Crippen LogP contribution is 2.42. The first-order valence-electron chi connectivity index (χ1n) is 12.4. The van der Waals surface area contributed by atoms with E-state index in [1.54, 1.807) is 6.07 Å². The zero-order valence-corrected chi connectivity index (χ0v) is 19.8. The number of anilines is 1. The third-order valence-corrected chi connectivity index (χ3v) is 7.36. The fourth-order valence-corrected chi connectivity index (χ4v) is 5.62. The SMILES string of the molecule is CCC1CN(CCCO)c2cccc3cc(-c4nc5cc(C=O)cc(F)c5n4CC4COC4)n1c23. The lowest BCUT2D eigenvalue weighted by Gasteiger charge is -2.37. The molecule has 0 saturated carbocycles. The van der Waals surface area contributed by atoms with Crippen molar-refractivity contribution in [2.45, 2.75) is 32.4 Å². The maximum atomic E-state index is 15.3. The van der Waals surface area contributed by atoms with Crippen LogP contribution in [0.1, 0.15) is 36.2 Å². The molecule has 1 N–H and O–H groups in total. The predicted octanol–water partition coefficient (Wildman–Crippen LogP) is 4.41. The van der Waals surface area contributed by atoms with E-state index in [9.17, 15) is 9.90 Å². The molecule has 1 atom stereocenters. The summed E-state index contributed by atoms with van der Waals surface area (Å²) in [5.41, 5.74) is 4.48. The van der Waals surface area contributed by atoms with Gasteiger partial charge in [0, 0.05) is 43.1 Å². The number of aldehydes is 1. The smallest absolute Gasteiger partial charge is 0.157 e. The number of para-hydroxylation sites is 1. The van der Waals surface area contributed by atoms with Crippen molar-refractivity contribution in [3.05, 3.63) is 47.8 Å². The zero-order chi connectivity index (χ0) is 24.1. The van der Waals surface area contributed by atoms with Gasteiger partial charge in [0.05, 0.1) is 41.7 Å². The van der Waals surface area contributed by atoms with E-state index >= 15 is 4.39 Å². The number of ether oxygens (including phenoxy) is 1. The summed E-state index contributed by atoms with van der Waals surface area (Å²) in [6.07, 6.45) is 2.32. The molecule has 8 heteroatoms. The highest BCUT2D eigenvalue weighted by atomic mass is 19.1. The lowest BCUT2D eigenvalue weighted by molar-refractivity contribution is -0.0388. The van der Waals surface area contributed by atoms with E-state index in [1.165, 1.54) is 6.07 Å². The molecule has 2 aromatic carbocycles. The molecule has 182 valence electrons. The van der Waals surface area contributed by atoms with Gasteiger partial charge in [0.1, 0.15) is 17.6 Å². The van der Waals surface area contributed by atoms with E-state index in [0.717, 1.165) is 54.0 Å². The van der Waals surface area contributed by atoms with E-state index in [2.05, 4.69) is 40.7 Å². The van der Waals surface area contributed by atoms with Crippen LogP contribution >= 0.6 is 0 Å². The summed E-state index contributed by atoms with van der Waals surface area (Å²) < 4.78 is 25.0. The number of aliphatic hydroxyl groups is 1. The van der Waals surface area contributed by atoms with Crippen molar-refractivity contribution in [1.82, 2.24) is 14.1 Å². The number of fused-ring (bicyclic) bond motifs is 1. The van der Waals surface area contributed by atoms with Crippen molar-refractivity contribution in [1.29, 1.82) is 0 Å². The number of benzene rings is 2. The Balaban J connectivity index is 1.60. The van der Waals surface area contributed by atoms with Crippen molar-refractivity contribution in [3.8, 4) is 11.5 Å². The topological polar surface area (TPSA) is 72.5 Å². The molecule has 7 nitrogen and oxygen atoms in total. The number of aromatic nitrogens is 3. The third-order valence-electron chi connectivity index (χ3n) is 7.36. The molecule has 1 unspecified atom stereocenters. The summed E-state index contributed by atoms with van der Waals surface area (Å²) in [4.78, 5) is 18.7. The fraction of sp³-hybridized carbons (Fsp3) is 0.407. The molecule has 1 saturated heterocycles. The molecule has 2 aliphatic rings. The molecule has 0 bridgehead atoms. The Morgan fingerprint density at radius 3 is 2.80 bits per heavy atom. The highest BCUT2D eigenvalue weighted by Gasteiger charge is 2.31. The van der Waals surface area contributed by atoms with E-state index in [1.807, 2.05) is 4.57 Å². The van der Waals surface area contributed by atoms with Crippen LogP contribution in [0.2, 0.25) is 0 Å². The number of carbonyl (C=O) groups excluding carboxylic acids is 1. The molecular formula is C27H29FN4O3. The van der Waals surface area contributed by atoms with Crippen molar-refractivity contribution in [2.75, 3.05) is 37.8 Å². The van der Waals surface area contributed by atoms with Gasteiger partial charge in [0.2, 0.25) is 0 Å². The van der Waals surface area contributed by atoms with Gasteiger partial charge in [-0.1, -0.05) is 19.1 Å². The number of nitrogens with zero attached hydrogens (tertiary/aromatic N) is 4. The minimum atomic E-state index is -0.429. The average molecular weight is 477 g/mol. The summed E-state index contributed by atoms with van der Waals surface area (Å²) in [6, 6.07) is 11.6. The number of rotatable bonds is 8. The Morgan fingerprint density at radius 1 is 1.23 bits per heavy atom. The summed E-state index contributed by atoms with van der Waals surface area (Å²) in [5.74, 6) is 0.591. The van der Waals surface area contributed by atoms with Crippen LogP contribution in [0, 0.1) is 11.7 Å². The van der Waals surface area contributed by atoms with Crippen molar-refractivity contribution < 1.29 is 19.0 Å². The van der Waals surface area contributed by atoms with Crippen LogP contribution in [-0.2, 0) is 11.3 Å². The predicted molar refractivity (Wildman–Crippen MR) is 134 cm³/mol. The maximum absolute atomic E-state index is 15.3. The molecule has 4 heterocycles.